The molecule has 0 spiro atoms. The first-order valence-electron chi connectivity index (χ1n) is 20.5. The van der Waals surface area contributed by atoms with Gasteiger partial charge in [0.2, 0.25) is 0 Å². The molecule has 2 unspecified atom stereocenters. The third kappa shape index (κ3) is 11.5. The van der Waals surface area contributed by atoms with E-state index in [0.717, 1.165) is 35.5 Å². The fourth-order valence-electron chi connectivity index (χ4n) is 10.9. The van der Waals surface area contributed by atoms with Crippen molar-refractivity contribution in [2.24, 2.45) is 35.5 Å². The smallest absolute Gasteiger partial charge is 0.00832 e. The molecule has 2 atom stereocenters. The normalized spacial score (nSPS) is 26.9. The molecule has 0 aromatic heterocycles. The van der Waals surface area contributed by atoms with Crippen LogP contribution >= 0.6 is 18.5 Å². The molecule has 45 heavy (non-hydrogen) atoms. The van der Waals surface area contributed by atoms with Crippen molar-refractivity contribution in [1.29, 1.82) is 0 Å². The fraction of sp³-hybridized carbons (Fsp3) is 0.905. The Balaban J connectivity index is 0.000000200. The minimum absolute atomic E-state index is 0. The molecule has 6 saturated carbocycles. The van der Waals surface area contributed by atoms with Gasteiger partial charge in [-0.3, -0.25) is 0 Å². The molecule has 6 fully saturated rings. The van der Waals surface area contributed by atoms with Crippen molar-refractivity contribution in [2.75, 3.05) is 0 Å². The van der Waals surface area contributed by atoms with E-state index in [2.05, 4.69) is 42.8 Å². The van der Waals surface area contributed by atoms with Gasteiger partial charge >= 0.3 is 0 Å². The van der Waals surface area contributed by atoms with Gasteiger partial charge in [0.1, 0.15) is 0 Å². The van der Waals surface area contributed by atoms with Crippen LogP contribution in [0.25, 0.3) is 0 Å². The Kier molecular flexibility index (Phi) is 17.8. The van der Waals surface area contributed by atoms with Crippen LogP contribution in [0, 0.1) is 35.5 Å². The van der Waals surface area contributed by atoms with Crippen LogP contribution in [0.15, 0.2) is 24.3 Å². The zero-order valence-electron chi connectivity index (χ0n) is 29.5. The molecule has 0 aliphatic heterocycles. The second kappa shape index (κ2) is 20.6. The molecule has 3 heteroatoms. The summed E-state index contributed by atoms with van der Waals surface area (Å²) in [5, 5.41) is 0.858. The van der Waals surface area contributed by atoms with Gasteiger partial charge in [-0.2, -0.15) is 0 Å². The first kappa shape index (κ1) is 38.8. The van der Waals surface area contributed by atoms with Crippen molar-refractivity contribution in [1.82, 2.24) is 0 Å². The van der Waals surface area contributed by atoms with Gasteiger partial charge in [-0.05, 0) is 113 Å². The van der Waals surface area contributed by atoms with E-state index in [1.165, 1.54) is 193 Å². The number of rotatable bonds is 8. The van der Waals surface area contributed by atoms with Crippen molar-refractivity contribution >= 4 is 18.5 Å². The Bertz CT molecular complexity index is 723. The first-order chi connectivity index (χ1) is 21.6. The van der Waals surface area contributed by atoms with E-state index in [4.69, 9.17) is 0 Å². The second-order valence-electron chi connectivity index (χ2n) is 16.9. The average Bonchev–Trinajstić information content (AvgIpc) is 3.12. The summed E-state index contributed by atoms with van der Waals surface area (Å²) in [6, 6.07) is 0. The Morgan fingerprint density at radius 3 is 0.733 bits per heavy atom. The molecule has 0 nitrogen and oxygen atoms in total. The maximum absolute atomic E-state index is 3.41. The van der Waals surface area contributed by atoms with Crippen molar-refractivity contribution in [3.63, 3.8) is 0 Å². The van der Waals surface area contributed by atoms with E-state index in [1.54, 1.807) is 0 Å². The van der Waals surface area contributed by atoms with Crippen LogP contribution in [0.4, 0.5) is 0 Å². The molecule has 6 aliphatic carbocycles. The zero-order valence-corrected chi connectivity index (χ0v) is 33.3. The summed E-state index contributed by atoms with van der Waals surface area (Å²) in [5.41, 5.74) is 0. The molecule has 0 saturated heterocycles. The third-order valence-electron chi connectivity index (χ3n) is 13.9. The molecular formula is C42H74P2Pd. The van der Waals surface area contributed by atoms with Crippen molar-refractivity contribution in [2.45, 2.75) is 203 Å². The molecule has 0 heterocycles. The van der Waals surface area contributed by atoms with Gasteiger partial charge < -0.3 is 0 Å². The van der Waals surface area contributed by atoms with Gasteiger partial charge in [-0.1, -0.05) is 140 Å². The summed E-state index contributed by atoms with van der Waals surface area (Å²) in [6.45, 7) is 0. The van der Waals surface area contributed by atoms with Gasteiger partial charge in [-0.15, -0.1) is 18.5 Å². The van der Waals surface area contributed by atoms with E-state index >= 15 is 0 Å². The van der Waals surface area contributed by atoms with Crippen LogP contribution in [-0.2, 0) is 20.4 Å². The van der Waals surface area contributed by atoms with Crippen LogP contribution < -0.4 is 0 Å². The number of hydrogen-bond acceptors (Lipinski definition) is 0. The Labute approximate surface area is 300 Å². The number of allylic oxidation sites excluding steroid dienone is 4. The zero-order chi connectivity index (χ0) is 30.5. The summed E-state index contributed by atoms with van der Waals surface area (Å²) in [7, 11) is 6.81. The van der Waals surface area contributed by atoms with Crippen LogP contribution in [0.2, 0.25) is 0 Å². The summed E-state index contributed by atoms with van der Waals surface area (Å²) in [5.74, 6) is 5.54. The molecule has 0 aromatic rings. The quantitative estimate of drug-likeness (QED) is 0.132. The summed E-state index contributed by atoms with van der Waals surface area (Å²) < 4.78 is 0. The van der Waals surface area contributed by atoms with E-state index in [-0.39, 0.29) is 20.4 Å². The van der Waals surface area contributed by atoms with E-state index < -0.39 is 0 Å². The third-order valence-corrected chi connectivity index (χ3v) is 16.1. The summed E-state index contributed by atoms with van der Waals surface area (Å²) in [6.07, 6.45) is 55.0. The molecule has 0 radical (unpaired) electrons. The molecule has 0 aromatic carbocycles. The predicted molar refractivity (Wildman–Crippen MR) is 203 cm³/mol. The van der Waals surface area contributed by atoms with Crippen LogP contribution in [0.3, 0.4) is 0 Å². The minimum Gasteiger partial charge on any atom is -0.126 e. The Morgan fingerprint density at radius 1 is 0.311 bits per heavy atom. The molecule has 0 bridgehead atoms. The molecule has 6 aliphatic rings. The Morgan fingerprint density at radius 2 is 0.511 bits per heavy atom. The van der Waals surface area contributed by atoms with Crippen molar-refractivity contribution in [3.05, 3.63) is 24.3 Å². The van der Waals surface area contributed by atoms with E-state index in [1.807, 2.05) is 0 Å². The second-order valence-corrected chi connectivity index (χ2v) is 18.9. The fourth-order valence-corrected chi connectivity index (χ4v) is 12.4. The maximum atomic E-state index is 3.41. The topological polar surface area (TPSA) is 0 Å². The Hall–Kier alpha value is 1.00. The summed E-state index contributed by atoms with van der Waals surface area (Å²) in [4.78, 5) is 0. The molecule has 0 amide bonds. The average molecular weight is 747 g/mol. The monoisotopic (exact) mass is 746 g/mol. The molecular weight excluding hydrogens is 673 g/mol. The van der Waals surface area contributed by atoms with Gasteiger partial charge in [0.15, 0.2) is 0 Å². The predicted octanol–water partition coefficient (Wildman–Crippen LogP) is 13.8. The first-order valence-corrected chi connectivity index (χ1v) is 21.7. The standard InChI is InChI=1S/2C21H37P.Pd/c2*22-21(19-12-6-2-7-13-19,20-14-8-3-9-15-20)17-16-18-10-4-1-5-11-18;/h2*16-20H,1-15,22H2;. The summed E-state index contributed by atoms with van der Waals surface area (Å²) >= 11 is 0. The van der Waals surface area contributed by atoms with Crippen LogP contribution in [0.5, 0.6) is 0 Å². The molecule has 6 rings (SSSR count). The van der Waals surface area contributed by atoms with E-state index in [9.17, 15) is 0 Å². The minimum atomic E-state index is 0. The van der Waals surface area contributed by atoms with Crippen LogP contribution in [-0.4, -0.2) is 10.3 Å². The van der Waals surface area contributed by atoms with Crippen molar-refractivity contribution < 1.29 is 20.4 Å². The SMILES string of the molecule is PC(C=CC1CCCCC1)(C1CCCCC1)C1CCCCC1.PC(C=CC1CCCCC1)(C1CCCCC1)C1CCCCC1.[Pd]. The van der Waals surface area contributed by atoms with Gasteiger partial charge in [-0.25, -0.2) is 0 Å². The van der Waals surface area contributed by atoms with Crippen molar-refractivity contribution in [3.8, 4) is 0 Å². The maximum Gasteiger partial charge on any atom is 0.00832 e. The molecule has 0 N–H and O–H groups in total. The van der Waals surface area contributed by atoms with Gasteiger partial charge in [0.25, 0.3) is 0 Å². The van der Waals surface area contributed by atoms with E-state index in [0.29, 0.717) is 10.3 Å². The van der Waals surface area contributed by atoms with Crippen LogP contribution in [0.1, 0.15) is 193 Å². The van der Waals surface area contributed by atoms with Gasteiger partial charge in [0.05, 0.1) is 0 Å². The largest absolute Gasteiger partial charge is 0.126 e. The van der Waals surface area contributed by atoms with Gasteiger partial charge in [0, 0.05) is 30.7 Å². The molecule has 262 valence electrons. The number of hydrogen-bond donors (Lipinski definition) is 0.